The van der Waals surface area contributed by atoms with Crippen LogP contribution in [0, 0.1) is 12.7 Å². The van der Waals surface area contributed by atoms with Crippen LogP contribution in [-0.2, 0) is 17.8 Å². The number of benzene rings is 2. The van der Waals surface area contributed by atoms with E-state index >= 15 is 0 Å². The van der Waals surface area contributed by atoms with Crippen molar-refractivity contribution < 1.29 is 13.9 Å². The third-order valence-electron chi connectivity index (χ3n) is 3.79. The van der Waals surface area contributed by atoms with Crippen LogP contribution in [-0.4, -0.2) is 33.3 Å². The highest BCUT2D eigenvalue weighted by Gasteiger charge is 2.06. The molecule has 2 aromatic carbocycles. The van der Waals surface area contributed by atoms with Gasteiger partial charge in [-0.1, -0.05) is 24.3 Å². The highest BCUT2D eigenvalue weighted by atomic mass is 127. The van der Waals surface area contributed by atoms with E-state index in [-0.39, 0.29) is 29.8 Å². The molecule has 0 unspecified atom stereocenters. The van der Waals surface area contributed by atoms with Gasteiger partial charge in [-0.15, -0.1) is 24.0 Å². The van der Waals surface area contributed by atoms with Crippen molar-refractivity contribution in [2.24, 2.45) is 4.99 Å². The lowest BCUT2D eigenvalue weighted by Crippen LogP contribution is -2.36. The highest BCUT2D eigenvalue weighted by Crippen LogP contribution is 2.20. The second-order valence-corrected chi connectivity index (χ2v) is 5.86. The molecule has 0 saturated carbocycles. The molecule has 0 aliphatic rings. The van der Waals surface area contributed by atoms with Crippen molar-refractivity contribution in [3.05, 3.63) is 65.0 Å². The van der Waals surface area contributed by atoms with Gasteiger partial charge in [-0.05, 0) is 36.2 Å². The van der Waals surface area contributed by atoms with Crippen molar-refractivity contribution in [1.82, 2.24) is 10.6 Å². The highest BCUT2D eigenvalue weighted by molar-refractivity contribution is 14.0. The van der Waals surface area contributed by atoms with E-state index in [4.69, 9.17) is 9.47 Å². The zero-order chi connectivity index (χ0) is 18.8. The maximum atomic E-state index is 13.3. The summed E-state index contributed by atoms with van der Waals surface area (Å²) in [6.07, 6.45) is 0. The van der Waals surface area contributed by atoms with E-state index in [1.807, 2.05) is 31.2 Å². The SMILES string of the molecule is CN=C(NCc1cccc(F)c1)NCc1ccc(C)cc1OCCOC.I. The summed E-state index contributed by atoms with van der Waals surface area (Å²) in [5.74, 6) is 1.22. The number of aliphatic imine (C=N–C) groups is 1. The molecule has 0 aliphatic carbocycles. The quantitative estimate of drug-likeness (QED) is 0.259. The molecule has 0 atom stereocenters. The average Bonchev–Trinajstić information content (AvgIpc) is 2.63. The van der Waals surface area contributed by atoms with Gasteiger partial charge in [0.1, 0.15) is 18.2 Å². The predicted molar refractivity (Wildman–Crippen MR) is 117 cm³/mol. The zero-order valence-electron chi connectivity index (χ0n) is 15.9. The van der Waals surface area contributed by atoms with E-state index in [0.29, 0.717) is 32.3 Å². The Balaban J connectivity index is 0.00000364. The monoisotopic (exact) mass is 487 g/mol. The molecule has 148 valence electrons. The van der Waals surface area contributed by atoms with E-state index in [2.05, 4.69) is 15.6 Å². The predicted octanol–water partition coefficient (Wildman–Crippen LogP) is 3.64. The van der Waals surface area contributed by atoms with Crippen molar-refractivity contribution in [1.29, 1.82) is 0 Å². The maximum absolute atomic E-state index is 13.3. The van der Waals surface area contributed by atoms with Gasteiger partial charge in [-0.25, -0.2) is 4.39 Å². The number of aryl methyl sites for hydroxylation is 1. The van der Waals surface area contributed by atoms with Crippen molar-refractivity contribution in [2.45, 2.75) is 20.0 Å². The summed E-state index contributed by atoms with van der Waals surface area (Å²) < 4.78 is 24.1. The van der Waals surface area contributed by atoms with Gasteiger partial charge in [0.05, 0.1) is 6.61 Å². The van der Waals surface area contributed by atoms with Crippen molar-refractivity contribution in [3.63, 3.8) is 0 Å². The molecule has 0 bridgehead atoms. The number of halogens is 2. The molecule has 0 saturated heterocycles. The zero-order valence-corrected chi connectivity index (χ0v) is 18.3. The molecule has 0 aliphatic heterocycles. The van der Waals surface area contributed by atoms with E-state index in [0.717, 1.165) is 22.4 Å². The number of ether oxygens (including phenoxy) is 2. The van der Waals surface area contributed by atoms with Crippen LogP contribution in [0.4, 0.5) is 4.39 Å². The van der Waals surface area contributed by atoms with Gasteiger partial charge in [0.25, 0.3) is 0 Å². The molecule has 0 aromatic heterocycles. The summed E-state index contributed by atoms with van der Waals surface area (Å²) in [6, 6.07) is 12.6. The molecule has 2 aromatic rings. The lowest BCUT2D eigenvalue weighted by molar-refractivity contribution is 0.145. The molecule has 7 heteroatoms. The number of hydrogen-bond donors (Lipinski definition) is 2. The standard InChI is InChI=1S/C20H26FN3O2.HI/c1-15-7-8-17(19(11-15)26-10-9-25-3)14-24-20(22-2)23-13-16-5-4-6-18(21)12-16;/h4-8,11-12H,9-10,13-14H2,1-3H3,(H2,22,23,24);1H. The Morgan fingerprint density at radius 3 is 2.56 bits per heavy atom. The third-order valence-corrected chi connectivity index (χ3v) is 3.79. The van der Waals surface area contributed by atoms with Gasteiger partial charge in [-0.3, -0.25) is 4.99 Å². The minimum Gasteiger partial charge on any atom is -0.491 e. The summed E-state index contributed by atoms with van der Waals surface area (Å²) in [5.41, 5.74) is 3.02. The molecule has 0 fully saturated rings. The second kappa shape index (κ2) is 12.5. The molecular weight excluding hydrogens is 460 g/mol. The molecule has 0 heterocycles. The number of guanidine groups is 1. The number of nitrogens with one attached hydrogen (secondary N) is 2. The van der Waals surface area contributed by atoms with Gasteiger partial charge in [0.2, 0.25) is 0 Å². The Hall–Kier alpha value is -1.87. The van der Waals surface area contributed by atoms with Crippen LogP contribution >= 0.6 is 24.0 Å². The van der Waals surface area contributed by atoms with E-state index in [1.165, 1.54) is 12.1 Å². The van der Waals surface area contributed by atoms with E-state index < -0.39 is 0 Å². The van der Waals surface area contributed by atoms with Crippen LogP contribution < -0.4 is 15.4 Å². The molecule has 27 heavy (non-hydrogen) atoms. The molecular formula is C20H27FIN3O2. The molecule has 0 spiro atoms. The number of rotatable bonds is 8. The Bertz CT molecular complexity index is 741. The summed E-state index contributed by atoms with van der Waals surface area (Å²) >= 11 is 0. The third kappa shape index (κ3) is 8.13. The molecule has 2 N–H and O–H groups in total. The number of hydrogen-bond acceptors (Lipinski definition) is 3. The van der Waals surface area contributed by atoms with Crippen LogP contribution in [0.2, 0.25) is 0 Å². The van der Waals surface area contributed by atoms with Crippen molar-refractivity contribution in [3.8, 4) is 5.75 Å². The molecule has 5 nitrogen and oxygen atoms in total. The van der Waals surface area contributed by atoms with Gasteiger partial charge in [-0.2, -0.15) is 0 Å². The first-order valence-corrected chi connectivity index (χ1v) is 8.52. The smallest absolute Gasteiger partial charge is 0.191 e. The topological polar surface area (TPSA) is 54.9 Å². The Morgan fingerprint density at radius 2 is 1.85 bits per heavy atom. The van der Waals surface area contributed by atoms with Gasteiger partial charge < -0.3 is 20.1 Å². The largest absolute Gasteiger partial charge is 0.491 e. The van der Waals surface area contributed by atoms with Crippen LogP contribution in [0.25, 0.3) is 0 Å². The molecule has 0 radical (unpaired) electrons. The first kappa shape index (κ1) is 23.2. The number of methoxy groups -OCH3 is 1. The molecule has 0 amide bonds. The van der Waals surface area contributed by atoms with Crippen molar-refractivity contribution >= 4 is 29.9 Å². The lowest BCUT2D eigenvalue weighted by Gasteiger charge is -2.15. The summed E-state index contributed by atoms with van der Waals surface area (Å²) in [5, 5.41) is 6.43. The van der Waals surface area contributed by atoms with Gasteiger partial charge in [0.15, 0.2) is 5.96 Å². The Labute approximate surface area is 177 Å². The van der Waals surface area contributed by atoms with Crippen LogP contribution in [0.3, 0.4) is 0 Å². The Kier molecular flexibility index (Phi) is 10.7. The van der Waals surface area contributed by atoms with E-state index in [1.54, 1.807) is 20.2 Å². The minimum absolute atomic E-state index is 0. The number of nitrogens with zero attached hydrogens (tertiary/aromatic N) is 1. The van der Waals surface area contributed by atoms with E-state index in [9.17, 15) is 4.39 Å². The first-order valence-electron chi connectivity index (χ1n) is 8.52. The molecule has 2 rings (SSSR count). The van der Waals surface area contributed by atoms with Gasteiger partial charge >= 0.3 is 0 Å². The summed E-state index contributed by atoms with van der Waals surface area (Å²) in [7, 11) is 3.35. The average molecular weight is 487 g/mol. The fourth-order valence-corrected chi connectivity index (χ4v) is 2.41. The fourth-order valence-electron chi connectivity index (χ4n) is 2.41. The fraction of sp³-hybridized carbons (Fsp3) is 0.350. The first-order chi connectivity index (χ1) is 12.6. The second-order valence-electron chi connectivity index (χ2n) is 5.86. The summed E-state index contributed by atoms with van der Waals surface area (Å²) in [6.45, 7) is 4.12. The van der Waals surface area contributed by atoms with Crippen LogP contribution in [0.5, 0.6) is 5.75 Å². The maximum Gasteiger partial charge on any atom is 0.191 e. The van der Waals surface area contributed by atoms with Crippen LogP contribution in [0.15, 0.2) is 47.5 Å². The van der Waals surface area contributed by atoms with Gasteiger partial charge in [0, 0.05) is 32.8 Å². The van der Waals surface area contributed by atoms with Crippen LogP contribution in [0.1, 0.15) is 16.7 Å². The Morgan fingerprint density at radius 1 is 1.07 bits per heavy atom. The van der Waals surface area contributed by atoms with Crippen molar-refractivity contribution in [2.75, 3.05) is 27.4 Å². The normalized spacial score (nSPS) is 10.9. The minimum atomic E-state index is -0.246. The lowest BCUT2D eigenvalue weighted by atomic mass is 10.1. The summed E-state index contributed by atoms with van der Waals surface area (Å²) in [4.78, 5) is 4.20.